The Morgan fingerprint density at radius 1 is 1.09 bits per heavy atom. The normalized spacial score (nSPS) is 21.6. The predicted molar refractivity (Wildman–Crippen MR) is 125 cm³/mol. The molecule has 1 unspecified atom stereocenters. The highest BCUT2D eigenvalue weighted by Gasteiger charge is 2.47. The number of likely N-dealkylation sites (N-methyl/N-ethyl adjacent to an activating group) is 1. The molecule has 1 aliphatic rings. The fraction of sp³-hybridized carbons (Fsp3) is 0.409. The molecule has 186 valence electrons. The lowest BCUT2D eigenvalue weighted by Gasteiger charge is -2.16. The monoisotopic (exact) mass is 485 g/mol. The number of aliphatic hydroxyl groups is 2. The van der Waals surface area contributed by atoms with E-state index < -0.39 is 36.5 Å². The summed E-state index contributed by atoms with van der Waals surface area (Å²) in [5, 5.41) is 28.7. The lowest BCUT2D eigenvalue weighted by molar-refractivity contribution is -0.137. The number of aromatic nitrogens is 4. The largest absolute Gasteiger partial charge is 0.494 e. The van der Waals surface area contributed by atoms with Gasteiger partial charge in [-0.05, 0) is 37.6 Å². The number of nitrogens with one attached hydrogen (secondary N) is 3. The molecule has 3 heterocycles. The SMILES string of the molecule is CCCOc1ccc(NC(=O)Nc2ncnc3c2ncn3C2O[C@H](C(=O)NCC)[C@@H](O)[C@H]2O)cc1. The third-order valence-corrected chi connectivity index (χ3v) is 5.30. The van der Waals surface area contributed by atoms with Crippen molar-refractivity contribution in [2.45, 2.75) is 44.8 Å². The van der Waals surface area contributed by atoms with Crippen LogP contribution in [0.15, 0.2) is 36.9 Å². The van der Waals surface area contributed by atoms with Crippen molar-refractivity contribution in [2.24, 2.45) is 0 Å². The van der Waals surface area contributed by atoms with Crippen molar-refractivity contribution in [3.8, 4) is 5.75 Å². The molecule has 4 atom stereocenters. The molecule has 35 heavy (non-hydrogen) atoms. The van der Waals surface area contributed by atoms with Crippen molar-refractivity contribution >= 4 is 34.6 Å². The maximum atomic E-state index is 12.5. The highest BCUT2D eigenvalue weighted by Crippen LogP contribution is 2.32. The fourth-order valence-electron chi connectivity index (χ4n) is 3.63. The van der Waals surface area contributed by atoms with Gasteiger partial charge in [0.15, 0.2) is 29.3 Å². The minimum atomic E-state index is -1.44. The standard InChI is InChI=1S/C22H27N7O6/c1-3-9-34-13-7-5-12(6-8-13)27-22(33)28-18-14-19(25-10-24-18)29(11-26-14)21-16(31)15(30)17(35-21)20(32)23-4-2/h5-8,10-11,15-17,21,30-31H,3-4,9H2,1-2H3,(H,23,32)(H2,24,25,27,28,33)/t15-,16+,17-,21?/m0/s1. The maximum absolute atomic E-state index is 12.5. The second-order valence-electron chi connectivity index (χ2n) is 7.82. The number of imidazole rings is 1. The molecule has 1 aromatic carbocycles. The van der Waals surface area contributed by atoms with Crippen molar-refractivity contribution in [2.75, 3.05) is 23.8 Å². The van der Waals surface area contributed by atoms with Crippen molar-refractivity contribution in [3.63, 3.8) is 0 Å². The Morgan fingerprint density at radius 2 is 1.86 bits per heavy atom. The lowest BCUT2D eigenvalue weighted by Crippen LogP contribution is -2.42. The van der Waals surface area contributed by atoms with E-state index in [-0.39, 0.29) is 17.0 Å². The second-order valence-corrected chi connectivity index (χ2v) is 7.82. The summed E-state index contributed by atoms with van der Waals surface area (Å²) in [4.78, 5) is 37.2. The summed E-state index contributed by atoms with van der Waals surface area (Å²) < 4.78 is 12.5. The predicted octanol–water partition coefficient (Wildman–Crippen LogP) is 1.01. The summed E-state index contributed by atoms with van der Waals surface area (Å²) in [6, 6.07) is 6.38. The number of nitrogens with zero attached hydrogens (tertiary/aromatic N) is 4. The van der Waals surface area contributed by atoms with Crippen LogP contribution in [0.2, 0.25) is 0 Å². The number of anilines is 2. The number of benzene rings is 1. The molecular formula is C22H27N7O6. The summed E-state index contributed by atoms with van der Waals surface area (Å²) in [6.07, 6.45) is -1.77. The van der Waals surface area contributed by atoms with E-state index in [1.54, 1.807) is 31.2 Å². The Labute approximate surface area is 200 Å². The molecule has 3 aromatic rings. The Bertz CT molecular complexity index is 1180. The highest BCUT2D eigenvalue weighted by atomic mass is 16.6. The first kappa shape index (κ1) is 24.3. The summed E-state index contributed by atoms with van der Waals surface area (Å²) in [7, 11) is 0. The number of urea groups is 1. The molecule has 0 bridgehead atoms. The van der Waals surface area contributed by atoms with Gasteiger partial charge in [0.2, 0.25) is 0 Å². The van der Waals surface area contributed by atoms with Gasteiger partial charge >= 0.3 is 6.03 Å². The molecule has 0 aliphatic carbocycles. The number of hydrogen-bond acceptors (Lipinski definition) is 9. The number of aliphatic hydroxyl groups excluding tert-OH is 2. The quantitative estimate of drug-likeness (QED) is 0.312. The van der Waals surface area contributed by atoms with E-state index in [0.29, 0.717) is 24.6 Å². The third kappa shape index (κ3) is 5.16. The van der Waals surface area contributed by atoms with Gasteiger partial charge in [-0.1, -0.05) is 6.92 Å². The molecule has 0 radical (unpaired) electrons. The number of amides is 3. The van der Waals surface area contributed by atoms with Gasteiger partial charge in [0.25, 0.3) is 5.91 Å². The van der Waals surface area contributed by atoms with Gasteiger partial charge in [-0.3, -0.25) is 14.7 Å². The minimum Gasteiger partial charge on any atom is -0.494 e. The first-order valence-electron chi connectivity index (χ1n) is 11.2. The zero-order valence-electron chi connectivity index (χ0n) is 19.2. The zero-order chi connectivity index (χ0) is 24.9. The van der Waals surface area contributed by atoms with Crippen molar-refractivity contribution in [1.82, 2.24) is 24.8 Å². The molecular weight excluding hydrogens is 458 g/mol. The molecule has 0 saturated carbocycles. The van der Waals surface area contributed by atoms with Crippen LogP contribution in [0, 0.1) is 0 Å². The fourth-order valence-corrected chi connectivity index (χ4v) is 3.63. The molecule has 13 heteroatoms. The highest BCUT2D eigenvalue weighted by molar-refractivity contribution is 6.02. The molecule has 1 saturated heterocycles. The van der Waals surface area contributed by atoms with E-state index in [1.165, 1.54) is 17.2 Å². The number of rotatable bonds is 8. The van der Waals surface area contributed by atoms with E-state index >= 15 is 0 Å². The second kappa shape index (κ2) is 10.6. The Morgan fingerprint density at radius 3 is 2.57 bits per heavy atom. The molecule has 1 fully saturated rings. The van der Waals surface area contributed by atoms with Crippen molar-refractivity contribution in [3.05, 3.63) is 36.9 Å². The first-order valence-corrected chi connectivity index (χ1v) is 11.2. The van der Waals surface area contributed by atoms with Crippen LogP contribution in [0.5, 0.6) is 5.75 Å². The van der Waals surface area contributed by atoms with Gasteiger partial charge in [0.1, 0.15) is 24.3 Å². The van der Waals surface area contributed by atoms with Crippen LogP contribution in [0.1, 0.15) is 26.5 Å². The zero-order valence-corrected chi connectivity index (χ0v) is 19.2. The molecule has 3 amide bonds. The first-order chi connectivity index (χ1) is 16.9. The van der Waals surface area contributed by atoms with E-state index in [0.717, 1.165) is 6.42 Å². The van der Waals surface area contributed by atoms with Gasteiger partial charge < -0.3 is 30.3 Å². The smallest absolute Gasteiger partial charge is 0.324 e. The van der Waals surface area contributed by atoms with Crippen molar-refractivity contribution < 1.29 is 29.3 Å². The van der Waals surface area contributed by atoms with E-state index in [2.05, 4.69) is 30.9 Å². The average molecular weight is 486 g/mol. The molecule has 2 aromatic heterocycles. The van der Waals surface area contributed by atoms with Crippen LogP contribution < -0.4 is 20.7 Å². The number of carbonyl (C=O) groups is 2. The number of hydrogen-bond donors (Lipinski definition) is 5. The van der Waals surface area contributed by atoms with Gasteiger partial charge in [-0.15, -0.1) is 0 Å². The van der Waals surface area contributed by atoms with Crippen LogP contribution in [-0.2, 0) is 9.53 Å². The van der Waals surface area contributed by atoms with Gasteiger partial charge in [-0.2, -0.15) is 0 Å². The topological polar surface area (TPSA) is 173 Å². The van der Waals surface area contributed by atoms with Crippen LogP contribution >= 0.6 is 0 Å². The van der Waals surface area contributed by atoms with Crippen LogP contribution in [0.25, 0.3) is 11.2 Å². The van der Waals surface area contributed by atoms with Crippen molar-refractivity contribution in [1.29, 1.82) is 0 Å². The van der Waals surface area contributed by atoms with Crippen LogP contribution in [0.4, 0.5) is 16.3 Å². The average Bonchev–Trinajstić information content (AvgIpc) is 3.40. The van der Waals surface area contributed by atoms with Crippen LogP contribution in [0.3, 0.4) is 0 Å². The van der Waals surface area contributed by atoms with Crippen LogP contribution in [-0.4, -0.2) is 73.1 Å². The summed E-state index contributed by atoms with van der Waals surface area (Å²) >= 11 is 0. The minimum absolute atomic E-state index is 0.127. The van der Waals surface area contributed by atoms with Gasteiger partial charge in [-0.25, -0.2) is 19.7 Å². The Hall–Kier alpha value is -3.81. The van der Waals surface area contributed by atoms with Gasteiger partial charge in [0.05, 0.1) is 12.9 Å². The molecule has 5 N–H and O–H groups in total. The Kier molecular flexibility index (Phi) is 7.39. The molecule has 0 spiro atoms. The number of ether oxygens (including phenoxy) is 2. The van der Waals surface area contributed by atoms with E-state index in [1.807, 2.05) is 6.92 Å². The molecule has 4 rings (SSSR count). The third-order valence-electron chi connectivity index (χ3n) is 5.30. The number of carbonyl (C=O) groups excluding carboxylic acids is 2. The maximum Gasteiger partial charge on any atom is 0.324 e. The van der Waals surface area contributed by atoms with Gasteiger partial charge in [0, 0.05) is 12.2 Å². The summed E-state index contributed by atoms with van der Waals surface area (Å²) in [5.41, 5.74) is 1.02. The lowest BCUT2D eigenvalue weighted by atomic mass is 10.1. The molecule has 1 aliphatic heterocycles. The number of fused-ring (bicyclic) bond motifs is 1. The summed E-state index contributed by atoms with van der Waals surface area (Å²) in [5.74, 6) is 0.295. The Balaban J connectivity index is 1.48. The summed E-state index contributed by atoms with van der Waals surface area (Å²) in [6.45, 7) is 4.71. The van der Waals surface area contributed by atoms with E-state index in [4.69, 9.17) is 9.47 Å². The van der Waals surface area contributed by atoms with E-state index in [9.17, 15) is 19.8 Å². The molecule has 13 nitrogen and oxygen atoms in total.